The lowest BCUT2D eigenvalue weighted by molar-refractivity contribution is -0.163. The highest BCUT2D eigenvalue weighted by Gasteiger charge is 2.17. The molecule has 64 valence electrons. The molecule has 0 fully saturated rings. The second kappa shape index (κ2) is 4.81. The van der Waals surface area contributed by atoms with Gasteiger partial charge in [0.25, 0.3) is 0 Å². The Morgan fingerprint density at radius 2 is 2.09 bits per heavy atom. The molecule has 0 rings (SSSR count). The molecule has 0 saturated carbocycles. The highest BCUT2D eigenvalue weighted by atomic mass is 16.6. The molecule has 0 aliphatic rings. The third-order valence-corrected chi connectivity index (χ3v) is 0.960. The van der Waals surface area contributed by atoms with Gasteiger partial charge in [-0.15, -0.1) is 0 Å². The van der Waals surface area contributed by atoms with Crippen LogP contribution in [0.2, 0.25) is 0 Å². The van der Waals surface area contributed by atoms with E-state index in [1.165, 1.54) is 6.92 Å². The fourth-order valence-corrected chi connectivity index (χ4v) is 0.515. The molecule has 0 aliphatic heterocycles. The molecule has 11 heavy (non-hydrogen) atoms. The lowest BCUT2D eigenvalue weighted by atomic mass is 10.2. The van der Waals surface area contributed by atoms with Gasteiger partial charge in [0.15, 0.2) is 12.9 Å². The molecule has 0 aliphatic carbocycles. The Hall–Kier alpha value is -0.940. The number of aliphatic hydroxyl groups is 2. The van der Waals surface area contributed by atoms with E-state index in [0.29, 0.717) is 0 Å². The molecule has 0 aromatic rings. The number of hydrogen-bond acceptors (Lipinski definition) is 5. The first-order valence-corrected chi connectivity index (χ1v) is 3.03. The van der Waals surface area contributed by atoms with E-state index in [-0.39, 0.29) is 12.2 Å². The van der Waals surface area contributed by atoms with Crippen LogP contribution in [0.3, 0.4) is 0 Å². The first-order valence-electron chi connectivity index (χ1n) is 3.03. The summed E-state index contributed by atoms with van der Waals surface area (Å²) in [5.74, 6) is -1.30. The number of ketones is 1. The van der Waals surface area contributed by atoms with Crippen molar-refractivity contribution in [1.29, 1.82) is 0 Å². The summed E-state index contributed by atoms with van der Waals surface area (Å²) in [6.45, 7) is 0.462. The van der Waals surface area contributed by atoms with Gasteiger partial charge in [-0.2, -0.15) is 0 Å². The van der Waals surface area contributed by atoms with Crippen LogP contribution in [0.1, 0.15) is 13.3 Å². The SMILES string of the molecule is CC(=O)CC(O)C(=O)OCO. The molecular formula is C6H10O5. The van der Waals surface area contributed by atoms with E-state index < -0.39 is 18.9 Å². The van der Waals surface area contributed by atoms with Crippen LogP contribution in [0.25, 0.3) is 0 Å². The lowest BCUT2D eigenvalue weighted by Gasteiger charge is -2.05. The summed E-state index contributed by atoms with van der Waals surface area (Å²) in [7, 11) is 0. The Morgan fingerprint density at radius 3 is 2.45 bits per heavy atom. The number of rotatable bonds is 4. The van der Waals surface area contributed by atoms with Gasteiger partial charge >= 0.3 is 5.97 Å². The summed E-state index contributed by atoms with van der Waals surface area (Å²) >= 11 is 0. The molecule has 2 N–H and O–H groups in total. The van der Waals surface area contributed by atoms with E-state index >= 15 is 0 Å². The van der Waals surface area contributed by atoms with Gasteiger partial charge in [-0.05, 0) is 6.92 Å². The zero-order valence-electron chi connectivity index (χ0n) is 6.11. The van der Waals surface area contributed by atoms with Gasteiger partial charge < -0.3 is 14.9 Å². The van der Waals surface area contributed by atoms with Gasteiger partial charge in [-0.3, -0.25) is 4.79 Å². The van der Waals surface area contributed by atoms with Crippen molar-refractivity contribution < 1.29 is 24.5 Å². The lowest BCUT2D eigenvalue weighted by Crippen LogP contribution is -2.25. The highest BCUT2D eigenvalue weighted by molar-refractivity contribution is 5.84. The van der Waals surface area contributed by atoms with E-state index in [4.69, 9.17) is 10.2 Å². The van der Waals surface area contributed by atoms with Crippen LogP contribution in [0, 0.1) is 0 Å². The minimum absolute atomic E-state index is 0.279. The molecule has 0 heterocycles. The van der Waals surface area contributed by atoms with Gasteiger partial charge in [-0.25, -0.2) is 4.79 Å². The summed E-state index contributed by atoms with van der Waals surface area (Å²) in [5, 5.41) is 16.9. The maximum atomic E-state index is 10.5. The summed E-state index contributed by atoms with van der Waals surface area (Å²) < 4.78 is 4.02. The Bertz CT molecular complexity index is 153. The van der Waals surface area contributed by atoms with Gasteiger partial charge in [0.05, 0.1) is 0 Å². The Balaban J connectivity index is 3.73. The molecule has 0 spiro atoms. The Labute approximate surface area is 63.6 Å². The number of carbonyl (C=O) groups is 2. The number of hydrogen-bond donors (Lipinski definition) is 2. The van der Waals surface area contributed by atoms with Crippen molar-refractivity contribution >= 4 is 11.8 Å². The zero-order valence-corrected chi connectivity index (χ0v) is 6.11. The monoisotopic (exact) mass is 162 g/mol. The van der Waals surface area contributed by atoms with Crippen LogP contribution in [0.15, 0.2) is 0 Å². The highest BCUT2D eigenvalue weighted by Crippen LogP contribution is 1.95. The van der Waals surface area contributed by atoms with Crippen LogP contribution >= 0.6 is 0 Å². The van der Waals surface area contributed by atoms with Crippen molar-refractivity contribution in [3.63, 3.8) is 0 Å². The topological polar surface area (TPSA) is 83.8 Å². The third-order valence-electron chi connectivity index (χ3n) is 0.960. The van der Waals surface area contributed by atoms with Gasteiger partial charge in [0.2, 0.25) is 0 Å². The van der Waals surface area contributed by atoms with Crippen LogP contribution in [-0.4, -0.2) is 34.9 Å². The van der Waals surface area contributed by atoms with Crippen molar-refractivity contribution in [2.45, 2.75) is 19.4 Å². The maximum absolute atomic E-state index is 10.5. The van der Waals surface area contributed by atoms with Crippen LogP contribution in [0.5, 0.6) is 0 Å². The van der Waals surface area contributed by atoms with Crippen molar-refractivity contribution in [3.05, 3.63) is 0 Å². The van der Waals surface area contributed by atoms with Crippen molar-refractivity contribution in [2.24, 2.45) is 0 Å². The molecule has 0 radical (unpaired) electrons. The number of Topliss-reactive ketones (excluding diaryl/α,β-unsaturated/α-hetero) is 1. The Kier molecular flexibility index (Phi) is 4.40. The fraction of sp³-hybridized carbons (Fsp3) is 0.667. The third kappa shape index (κ3) is 4.46. The normalized spacial score (nSPS) is 12.3. The van der Waals surface area contributed by atoms with Crippen molar-refractivity contribution in [1.82, 2.24) is 0 Å². The van der Waals surface area contributed by atoms with E-state index in [9.17, 15) is 9.59 Å². The zero-order chi connectivity index (χ0) is 8.85. The molecule has 0 aromatic carbocycles. The quantitative estimate of drug-likeness (QED) is 0.401. The van der Waals surface area contributed by atoms with E-state index in [0.717, 1.165) is 0 Å². The standard InChI is InChI=1S/C6H10O5/c1-4(8)2-5(9)6(10)11-3-7/h5,7,9H,2-3H2,1H3. The first-order chi connectivity index (χ1) is 5.07. The number of aliphatic hydroxyl groups excluding tert-OH is 2. The summed E-state index contributed by atoms with van der Waals surface area (Å²) in [4.78, 5) is 20.8. The molecule has 0 bridgehead atoms. The van der Waals surface area contributed by atoms with E-state index in [1.54, 1.807) is 0 Å². The number of esters is 1. The van der Waals surface area contributed by atoms with Crippen molar-refractivity contribution in [2.75, 3.05) is 6.79 Å². The largest absolute Gasteiger partial charge is 0.437 e. The summed E-state index contributed by atoms with van der Waals surface area (Å²) in [5.41, 5.74) is 0. The maximum Gasteiger partial charge on any atom is 0.337 e. The van der Waals surface area contributed by atoms with Gasteiger partial charge in [-0.1, -0.05) is 0 Å². The van der Waals surface area contributed by atoms with E-state index in [1.807, 2.05) is 0 Å². The first kappa shape index (κ1) is 10.1. The number of carbonyl (C=O) groups excluding carboxylic acids is 2. The van der Waals surface area contributed by atoms with E-state index in [2.05, 4.69) is 4.74 Å². The smallest absolute Gasteiger partial charge is 0.337 e. The minimum atomic E-state index is -1.46. The molecule has 0 amide bonds. The van der Waals surface area contributed by atoms with Gasteiger partial charge in [0, 0.05) is 6.42 Å². The molecule has 0 aromatic heterocycles. The molecule has 1 atom stereocenters. The van der Waals surface area contributed by atoms with Crippen LogP contribution in [-0.2, 0) is 14.3 Å². The average molecular weight is 162 g/mol. The number of ether oxygens (including phenoxy) is 1. The molecule has 5 nitrogen and oxygen atoms in total. The predicted molar refractivity (Wildman–Crippen MR) is 34.5 cm³/mol. The van der Waals surface area contributed by atoms with Crippen molar-refractivity contribution in [3.8, 4) is 0 Å². The minimum Gasteiger partial charge on any atom is -0.437 e. The second-order valence-electron chi connectivity index (χ2n) is 2.01. The second-order valence-corrected chi connectivity index (χ2v) is 2.01. The summed E-state index contributed by atoms with van der Waals surface area (Å²) in [6, 6.07) is 0. The molecule has 1 unspecified atom stereocenters. The fourth-order valence-electron chi connectivity index (χ4n) is 0.515. The predicted octanol–water partition coefficient (Wildman–Crippen LogP) is -1.18. The summed E-state index contributed by atoms with van der Waals surface area (Å²) in [6.07, 6.45) is -1.74. The molecule has 0 saturated heterocycles. The van der Waals surface area contributed by atoms with Gasteiger partial charge in [0.1, 0.15) is 5.78 Å². The van der Waals surface area contributed by atoms with Crippen LogP contribution < -0.4 is 0 Å². The average Bonchev–Trinajstić information content (AvgIpc) is 1.86. The molecular weight excluding hydrogens is 152 g/mol. The Morgan fingerprint density at radius 1 is 1.55 bits per heavy atom. The molecule has 5 heteroatoms. The van der Waals surface area contributed by atoms with Crippen LogP contribution in [0.4, 0.5) is 0 Å².